The molecular formula is C17H20O2. The van der Waals surface area contributed by atoms with Crippen LogP contribution < -0.4 is 0 Å². The molecule has 19 heavy (non-hydrogen) atoms. The van der Waals surface area contributed by atoms with E-state index in [4.69, 9.17) is 4.74 Å². The van der Waals surface area contributed by atoms with Crippen LogP contribution in [0.15, 0.2) is 30.3 Å². The van der Waals surface area contributed by atoms with Gasteiger partial charge in [0.15, 0.2) is 0 Å². The maximum Gasteiger partial charge on any atom is 0.293 e. The van der Waals surface area contributed by atoms with E-state index < -0.39 is 0 Å². The minimum absolute atomic E-state index is 0.323. The second-order valence-electron chi connectivity index (χ2n) is 6.68. The first-order valence-corrected chi connectivity index (χ1v) is 7.50. The predicted molar refractivity (Wildman–Crippen MR) is 72.3 cm³/mol. The highest BCUT2D eigenvalue weighted by atomic mass is 16.5. The Morgan fingerprint density at radius 2 is 1.53 bits per heavy atom. The van der Waals surface area contributed by atoms with E-state index in [2.05, 4.69) is 24.3 Å². The lowest BCUT2D eigenvalue weighted by Crippen LogP contribution is -2.56. The van der Waals surface area contributed by atoms with Gasteiger partial charge < -0.3 is 4.74 Å². The van der Waals surface area contributed by atoms with E-state index >= 15 is 0 Å². The van der Waals surface area contributed by atoms with E-state index in [1.807, 2.05) is 6.07 Å². The monoisotopic (exact) mass is 256 g/mol. The summed E-state index contributed by atoms with van der Waals surface area (Å²) in [4.78, 5) is 11.2. The van der Waals surface area contributed by atoms with E-state index in [1.165, 1.54) is 37.7 Å². The van der Waals surface area contributed by atoms with Gasteiger partial charge in [0, 0.05) is 11.8 Å². The maximum atomic E-state index is 11.2. The zero-order valence-corrected chi connectivity index (χ0v) is 11.1. The molecule has 0 N–H and O–H groups in total. The summed E-state index contributed by atoms with van der Waals surface area (Å²) < 4.78 is 5.81. The van der Waals surface area contributed by atoms with Crippen molar-refractivity contribution in [2.24, 2.45) is 23.7 Å². The highest BCUT2D eigenvalue weighted by Gasteiger charge is 2.59. The summed E-state index contributed by atoms with van der Waals surface area (Å²) in [6.07, 6.45) is 6.40. The summed E-state index contributed by atoms with van der Waals surface area (Å²) in [5, 5.41) is 0. The Bertz CT molecular complexity index is 451. The fourth-order valence-electron chi connectivity index (χ4n) is 5.39. The van der Waals surface area contributed by atoms with Gasteiger partial charge in [-0.05, 0) is 49.5 Å². The molecule has 0 saturated heterocycles. The van der Waals surface area contributed by atoms with Gasteiger partial charge in [-0.2, -0.15) is 0 Å². The first-order chi connectivity index (χ1) is 9.33. The average Bonchev–Trinajstić information content (AvgIpc) is 2.43. The Morgan fingerprint density at radius 1 is 0.947 bits per heavy atom. The number of hydrogen-bond donors (Lipinski definition) is 0. The summed E-state index contributed by atoms with van der Waals surface area (Å²) in [6.45, 7) is 0.690. The van der Waals surface area contributed by atoms with Gasteiger partial charge in [-0.3, -0.25) is 4.79 Å². The standard InChI is InChI=1S/C17H20O2/c18-11-19-17(14-4-2-1-3-5-14)15-7-12-6-13(9-15)10-16(17)8-12/h1-5,11-13,15-16H,6-10H2. The van der Waals surface area contributed by atoms with Crippen LogP contribution in [0.3, 0.4) is 0 Å². The topological polar surface area (TPSA) is 26.3 Å². The molecular weight excluding hydrogens is 236 g/mol. The summed E-state index contributed by atoms with van der Waals surface area (Å²) in [7, 11) is 0. The number of benzene rings is 1. The third-order valence-corrected chi connectivity index (χ3v) is 5.82. The van der Waals surface area contributed by atoms with E-state index in [1.54, 1.807) is 0 Å². The summed E-state index contributed by atoms with van der Waals surface area (Å²) in [6, 6.07) is 10.5. The Balaban J connectivity index is 1.81. The molecule has 4 aliphatic carbocycles. The maximum absolute atomic E-state index is 11.2. The molecule has 0 radical (unpaired) electrons. The highest BCUT2D eigenvalue weighted by Crippen LogP contribution is 2.63. The number of hydrogen-bond acceptors (Lipinski definition) is 2. The molecule has 2 nitrogen and oxygen atoms in total. The third kappa shape index (κ3) is 1.52. The van der Waals surface area contributed by atoms with E-state index in [-0.39, 0.29) is 5.60 Å². The third-order valence-electron chi connectivity index (χ3n) is 5.82. The molecule has 2 heteroatoms. The zero-order chi connectivity index (χ0) is 12.9. The molecule has 1 aromatic rings. The SMILES string of the molecule is O=COC1(c2ccccc2)C2CC3CC(C2)CC1C3. The Morgan fingerprint density at radius 3 is 2.05 bits per heavy atom. The van der Waals surface area contributed by atoms with Gasteiger partial charge in [-0.25, -0.2) is 0 Å². The lowest BCUT2D eigenvalue weighted by molar-refractivity contribution is -0.203. The number of rotatable bonds is 3. The molecule has 4 saturated carbocycles. The van der Waals surface area contributed by atoms with Crippen LogP contribution in [0, 0.1) is 23.7 Å². The van der Waals surface area contributed by atoms with Crippen molar-refractivity contribution in [3.63, 3.8) is 0 Å². The smallest absolute Gasteiger partial charge is 0.293 e. The van der Waals surface area contributed by atoms with Crippen molar-refractivity contribution >= 4 is 6.47 Å². The second-order valence-corrected chi connectivity index (χ2v) is 6.68. The van der Waals surface area contributed by atoms with Gasteiger partial charge >= 0.3 is 0 Å². The molecule has 0 amide bonds. The molecule has 5 rings (SSSR count). The minimum atomic E-state index is -0.323. The van der Waals surface area contributed by atoms with Gasteiger partial charge in [0.25, 0.3) is 6.47 Å². The lowest BCUT2D eigenvalue weighted by atomic mass is 9.48. The Kier molecular flexibility index (Phi) is 2.48. The highest BCUT2D eigenvalue weighted by molar-refractivity contribution is 5.42. The van der Waals surface area contributed by atoms with Crippen molar-refractivity contribution in [1.82, 2.24) is 0 Å². The summed E-state index contributed by atoms with van der Waals surface area (Å²) >= 11 is 0. The van der Waals surface area contributed by atoms with Gasteiger partial charge in [0.1, 0.15) is 5.60 Å². The lowest BCUT2D eigenvalue weighted by Gasteiger charge is -2.60. The summed E-state index contributed by atoms with van der Waals surface area (Å²) in [5.41, 5.74) is 0.895. The molecule has 0 unspecified atom stereocenters. The molecule has 4 bridgehead atoms. The number of ether oxygens (including phenoxy) is 1. The predicted octanol–water partition coefficient (Wildman–Crippen LogP) is 3.51. The minimum Gasteiger partial charge on any atom is -0.456 e. The van der Waals surface area contributed by atoms with Crippen LogP contribution in [-0.4, -0.2) is 6.47 Å². The van der Waals surface area contributed by atoms with Crippen molar-refractivity contribution in [3.8, 4) is 0 Å². The van der Waals surface area contributed by atoms with Crippen LogP contribution in [0.5, 0.6) is 0 Å². The van der Waals surface area contributed by atoms with Crippen LogP contribution in [0.1, 0.15) is 37.7 Å². The largest absolute Gasteiger partial charge is 0.456 e. The number of carbonyl (C=O) groups excluding carboxylic acids is 1. The van der Waals surface area contributed by atoms with Crippen molar-refractivity contribution in [3.05, 3.63) is 35.9 Å². The quantitative estimate of drug-likeness (QED) is 0.774. The Hall–Kier alpha value is -1.31. The molecule has 1 aromatic carbocycles. The molecule has 0 spiro atoms. The zero-order valence-electron chi connectivity index (χ0n) is 11.1. The first-order valence-electron chi connectivity index (χ1n) is 7.50. The normalized spacial score (nSPS) is 43.2. The fourth-order valence-corrected chi connectivity index (χ4v) is 5.39. The average molecular weight is 256 g/mol. The second kappa shape index (κ2) is 4.09. The van der Waals surface area contributed by atoms with E-state index in [0.717, 1.165) is 11.8 Å². The summed E-state index contributed by atoms with van der Waals surface area (Å²) in [5.74, 6) is 2.84. The van der Waals surface area contributed by atoms with Crippen LogP contribution in [0.2, 0.25) is 0 Å². The van der Waals surface area contributed by atoms with Gasteiger partial charge in [0.05, 0.1) is 0 Å². The van der Waals surface area contributed by atoms with Crippen LogP contribution >= 0.6 is 0 Å². The van der Waals surface area contributed by atoms with Crippen molar-refractivity contribution in [2.45, 2.75) is 37.7 Å². The van der Waals surface area contributed by atoms with E-state index in [0.29, 0.717) is 18.3 Å². The van der Waals surface area contributed by atoms with Gasteiger partial charge in [-0.15, -0.1) is 0 Å². The van der Waals surface area contributed by atoms with Crippen LogP contribution in [0.25, 0.3) is 0 Å². The molecule has 4 aliphatic rings. The van der Waals surface area contributed by atoms with Crippen molar-refractivity contribution < 1.29 is 9.53 Å². The molecule has 0 atom stereocenters. The number of carbonyl (C=O) groups is 1. The first kappa shape index (κ1) is 11.5. The molecule has 0 aromatic heterocycles. The molecule has 4 fully saturated rings. The van der Waals surface area contributed by atoms with Gasteiger partial charge in [0.2, 0.25) is 0 Å². The van der Waals surface area contributed by atoms with Crippen molar-refractivity contribution in [1.29, 1.82) is 0 Å². The van der Waals surface area contributed by atoms with E-state index in [9.17, 15) is 4.79 Å². The molecule has 100 valence electrons. The fraction of sp³-hybridized carbons (Fsp3) is 0.588. The molecule has 0 aliphatic heterocycles. The van der Waals surface area contributed by atoms with Gasteiger partial charge in [-0.1, -0.05) is 30.3 Å². The van der Waals surface area contributed by atoms with Crippen LogP contribution in [-0.2, 0) is 15.1 Å². The molecule has 0 heterocycles. The van der Waals surface area contributed by atoms with Crippen molar-refractivity contribution in [2.75, 3.05) is 0 Å². The van der Waals surface area contributed by atoms with Crippen LogP contribution in [0.4, 0.5) is 0 Å². The Labute approximate surface area is 114 Å².